The van der Waals surface area contributed by atoms with Crippen LogP contribution in [-0.4, -0.2) is 19.7 Å². The van der Waals surface area contributed by atoms with E-state index in [1.54, 1.807) is 0 Å². The first-order valence-electron chi connectivity index (χ1n) is 5.01. The molecular weight excluding hydrogens is 192 g/mol. The highest BCUT2D eigenvalue weighted by atomic mass is 16.5. The predicted octanol–water partition coefficient (Wildman–Crippen LogP) is 2.03. The van der Waals surface area contributed by atoms with Crippen LogP contribution in [0, 0.1) is 6.92 Å². The van der Waals surface area contributed by atoms with Crippen LogP contribution in [0.15, 0.2) is 18.2 Å². The van der Waals surface area contributed by atoms with Crippen molar-refractivity contribution in [1.29, 1.82) is 0 Å². The number of aryl methyl sites for hydroxylation is 1. The van der Waals surface area contributed by atoms with Gasteiger partial charge in [-0.15, -0.1) is 0 Å². The number of methoxy groups -OCH3 is 1. The third kappa shape index (κ3) is 1.96. The van der Waals surface area contributed by atoms with Crippen LogP contribution >= 0.6 is 0 Å². The summed E-state index contributed by atoms with van der Waals surface area (Å²) in [5, 5.41) is 0. The minimum Gasteiger partial charge on any atom is -0.493 e. The summed E-state index contributed by atoms with van der Waals surface area (Å²) in [6.07, 6.45) is 0.395. The number of fused-ring (bicyclic) bond motifs is 1. The van der Waals surface area contributed by atoms with Gasteiger partial charge in [-0.25, -0.2) is 0 Å². The summed E-state index contributed by atoms with van der Waals surface area (Å²) < 4.78 is 10.2. The summed E-state index contributed by atoms with van der Waals surface area (Å²) in [6, 6.07) is 6.08. The number of esters is 1. The second-order valence-corrected chi connectivity index (χ2v) is 3.83. The third-order valence-electron chi connectivity index (χ3n) is 2.69. The van der Waals surface area contributed by atoms with Crippen LogP contribution in [0.25, 0.3) is 0 Å². The Morgan fingerprint density at radius 1 is 1.60 bits per heavy atom. The highest BCUT2D eigenvalue weighted by molar-refractivity contribution is 5.71. The minimum absolute atomic E-state index is 0.146. The Kier molecular flexibility index (Phi) is 2.62. The second kappa shape index (κ2) is 3.93. The lowest BCUT2D eigenvalue weighted by molar-refractivity contribution is -0.141. The molecule has 0 aromatic heterocycles. The Bertz CT molecular complexity index is 384. The van der Waals surface area contributed by atoms with Crippen LogP contribution in [0.3, 0.4) is 0 Å². The van der Waals surface area contributed by atoms with Crippen LogP contribution in [-0.2, 0) is 9.53 Å². The van der Waals surface area contributed by atoms with Crippen LogP contribution in [0.2, 0.25) is 0 Å². The molecule has 0 spiro atoms. The molecule has 0 radical (unpaired) electrons. The second-order valence-electron chi connectivity index (χ2n) is 3.83. The summed E-state index contributed by atoms with van der Waals surface area (Å²) in [6.45, 7) is 2.60. The molecule has 1 atom stereocenters. The van der Waals surface area contributed by atoms with Crippen molar-refractivity contribution in [3.63, 3.8) is 0 Å². The minimum atomic E-state index is -0.183. The molecular formula is C12H14O3. The van der Waals surface area contributed by atoms with E-state index in [0.29, 0.717) is 13.0 Å². The standard InChI is InChI=1S/C12H14O3/c1-8-3-4-10-9(6-12(13)14-2)7-15-11(10)5-8/h3-5,9H,6-7H2,1-2H3. The molecule has 0 N–H and O–H groups in total. The van der Waals surface area contributed by atoms with Crippen molar-refractivity contribution < 1.29 is 14.3 Å². The molecule has 0 amide bonds. The van der Waals surface area contributed by atoms with Gasteiger partial charge in [-0.1, -0.05) is 12.1 Å². The van der Waals surface area contributed by atoms with Crippen LogP contribution in [0.5, 0.6) is 5.75 Å². The molecule has 0 bridgehead atoms. The van der Waals surface area contributed by atoms with E-state index in [1.807, 2.05) is 25.1 Å². The Morgan fingerprint density at radius 3 is 3.13 bits per heavy atom. The quantitative estimate of drug-likeness (QED) is 0.694. The molecule has 0 aliphatic carbocycles. The molecule has 0 saturated heterocycles. The fourth-order valence-electron chi connectivity index (χ4n) is 1.84. The summed E-state index contributed by atoms with van der Waals surface area (Å²) in [5.41, 5.74) is 2.29. The Morgan fingerprint density at radius 2 is 2.40 bits per heavy atom. The van der Waals surface area contributed by atoms with Gasteiger partial charge in [-0.2, -0.15) is 0 Å². The Hall–Kier alpha value is -1.51. The van der Waals surface area contributed by atoms with Crippen molar-refractivity contribution in [2.24, 2.45) is 0 Å². The zero-order valence-electron chi connectivity index (χ0n) is 8.95. The largest absolute Gasteiger partial charge is 0.493 e. The lowest BCUT2D eigenvalue weighted by atomic mass is 9.97. The molecule has 1 aliphatic heterocycles. The maximum atomic E-state index is 11.2. The van der Waals surface area contributed by atoms with E-state index < -0.39 is 0 Å². The van der Waals surface area contributed by atoms with Gasteiger partial charge < -0.3 is 9.47 Å². The van der Waals surface area contributed by atoms with Crippen LogP contribution < -0.4 is 4.74 Å². The molecule has 0 fully saturated rings. The number of hydrogen-bond donors (Lipinski definition) is 0. The summed E-state index contributed by atoms with van der Waals surface area (Å²) in [5.74, 6) is 0.869. The highest BCUT2D eigenvalue weighted by Gasteiger charge is 2.26. The van der Waals surface area contributed by atoms with Gasteiger partial charge in [0, 0.05) is 11.5 Å². The SMILES string of the molecule is COC(=O)CC1COc2cc(C)ccc21. The van der Waals surface area contributed by atoms with Gasteiger partial charge in [-0.05, 0) is 18.6 Å². The van der Waals surface area contributed by atoms with E-state index in [9.17, 15) is 4.79 Å². The molecule has 15 heavy (non-hydrogen) atoms. The summed E-state index contributed by atoms with van der Waals surface area (Å²) >= 11 is 0. The number of rotatable bonds is 2. The molecule has 1 aromatic rings. The lowest BCUT2D eigenvalue weighted by Gasteiger charge is -2.06. The number of benzene rings is 1. The fourth-order valence-corrected chi connectivity index (χ4v) is 1.84. The zero-order chi connectivity index (χ0) is 10.8. The molecule has 3 heteroatoms. The van der Waals surface area contributed by atoms with E-state index in [1.165, 1.54) is 12.7 Å². The van der Waals surface area contributed by atoms with Gasteiger partial charge in [0.05, 0.1) is 20.1 Å². The van der Waals surface area contributed by atoms with Gasteiger partial charge in [0.2, 0.25) is 0 Å². The number of hydrogen-bond acceptors (Lipinski definition) is 3. The molecule has 1 unspecified atom stereocenters. The van der Waals surface area contributed by atoms with E-state index in [-0.39, 0.29) is 11.9 Å². The van der Waals surface area contributed by atoms with Crippen LogP contribution in [0.4, 0.5) is 0 Å². The topological polar surface area (TPSA) is 35.5 Å². The molecule has 1 heterocycles. The van der Waals surface area contributed by atoms with E-state index in [4.69, 9.17) is 4.74 Å². The van der Waals surface area contributed by atoms with Gasteiger partial charge in [-0.3, -0.25) is 4.79 Å². The first-order chi connectivity index (χ1) is 7.20. The van der Waals surface area contributed by atoms with Crippen LogP contribution in [0.1, 0.15) is 23.5 Å². The van der Waals surface area contributed by atoms with Gasteiger partial charge in [0.25, 0.3) is 0 Å². The highest BCUT2D eigenvalue weighted by Crippen LogP contribution is 2.36. The van der Waals surface area contributed by atoms with Crippen molar-refractivity contribution in [3.05, 3.63) is 29.3 Å². The monoisotopic (exact) mass is 206 g/mol. The smallest absolute Gasteiger partial charge is 0.306 e. The third-order valence-corrected chi connectivity index (χ3v) is 2.69. The van der Waals surface area contributed by atoms with Crippen molar-refractivity contribution in [3.8, 4) is 5.75 Å². The van der Waals surface area contributed by atoms with Gasteiger partial charge in [0.15, 0.2) is 0 Å². The fraction of sp³-hybridized carbons (Fsp3) is 0.417. The van der Waals surface area contributed by atoms with Crippen molar-refractivity contribution in [1.82, 2.24) is 0 Å². The van der Waals surface area contributed by atoms with E-state index in [2.05, 4.69) is 4.74 Å². The number of carbonyl (C=O) groups is 1. The van der Waals surface area contributed by atoms with Crippen molar-refractivity contribution >= 4 is 5.97 Å². The molecule has 3 nitrogen and oxygen atoms in total. The first kappa shape index (κ1) is 10.0. The maximum absolute atomic E-state index is 11.2. The van der Waals surface area contributed by atoms with Gasteiger partial charge >= 0.3 is 5.97 Å². The Balaban J connectivity index is 2.18. The number of carbonyl (C=O) groups excluding carboxylic acids is 1. The summed E-state index contributed by atoms with van der Waals surface area (Å²) in [4.78, 5) is 11.2. The predicted molar refractivity (Wildman–Crippen MR) is 56.0 cm³/mol. The average Bonchev–Trinajstić information content (AvgIpc) is 2.60. The first-order valence-corrected chi connectivity index (χ1v) is 5.01. The van der Waals surface area contributed by atoms with Gasteiger partial charge in [0.1, 0.15) is 5.75 Å². The normalized spacial score (nSPS) is 18.1. The van der Waals surface area contributed by atoms with Crippen molar-refractivity contribution in [2.75, 3.05) is 13.7 Å². The van der Waals surface area contributed by atoms with E-state index in [0.717, 1.165) is 11.3 Å². The van der Waals surface area contributed by atoms with Crippen molar-refractivity contribution in [2.45, 2.75) is 19.3 Å². The number of ether oxygens (including phenoxy) is 2. The lowest BCUT2D eigenvalue weighted by Crippen LogP contribution is -2.09. The molecule has 1 aromatic carbocycles. The average molecular weight is 206 g/mol. The molecule has 1 aliphatic rings. The van der Waals surface area contributed by atoms with E-state index >= 15 is 0 Å². The molecule has 80 valence electrons. The maximum Gasteiger partial charge on any atom is 0.306 e. The zero-order valence-corrected chi connectivity index (χ0v) is 8.95. The molecule has 0 saturated carbocycles. The summed E-state index contributed by atoms with van der Waals surface area (Å²) in [7, 11) is 1.41. The molecule has 2 rings (SSSR count). The Labute approximate surface area is 89.0 Å².